The summed E-state index contributed by atoms with van der Waals surface area (Å²) in [5.74, 6) is -1.11. The fourth-order valence-corrected chi connectivity index (χ4v) is 3.66. The molecule has 3 aliphatic heterocycles. The van der Waals surface area contributed by atoms with Crippen LogP contribution in [0, 0.1) is 0 Å². The van der Waals surface area contributed by atoms with Crippen LogP contribution in [0.15, 0.2) is 0 Å². The quantitative estimate of drug-likeness (QED) is 0.781. The van der Waals surface area contributed by atoms with Crippen LogP contribution < -0.4 is 5.32 Å². The highest BCUT2D eigenvalue weighted by Crippen LogP contribution is 2.27. The Bertz CT molecular complexity index is 401. The number of carboxylic acids is 1. The van der Waals surface area contributed by atoms with E-state index in [4.69, 9.17) is 9.84 Å². The van der Waals surface area contributed by atoms with Crippen molar-refractivity contribution < 1.29 is 19.4 Å². The van der Waals surface area contributed by atoms with E-state index in [-0.39, 0.29) is 11.9 Å². The van der Waals surface area contributed by atoms with E-state index in [1.807, 2.05) is 0 Å². The topological polar surface area (TPSA) is 78.9 Å². The molecule has 4 unspecified atom stereocenters. The summed E-state index contributed by atoms with van der Waals surface area (Å²) in [4.78, 5) is 25.5. The Hall–Kier alpha value is -1.14. The van der Waals surface area contributed by atoms with Gasteiger partial charge >= 0.3 is 5.97 Å². The van der Waals surface area contributed by atoms with Gasteiger partial charge in [-0.05, 0) is 45.1 Å². The van der Waals surface area contributed by atoms with Crippen molar-refractivity contribution in [3.05, 3.63) is 0 Å². The lowest BCUT2D eigenvalue weighted by molar-refractivity contribution is -0.152. The average molecular weight is 282 g/mol. The number of amides is 1. The zero-order chi connectivity index (χ0) is 14.1. The smallest absolute Gasteiger partial charge is 0.332 e. The predicted molar refractivity (Wildman–Crippen MR) is 71.3 cm³/mol. The Morgan fingerprint density at radius 3 is 2.65 bits per heavy atom. The summed E-state index contributed by atoms with van der Waals surface area (Å²) < 4.78 is 5.29. The van der Waals surface area contributed by atoms with E-state index < -0.39 is 18.2 Å². The van der Waals surface area contributed by atoms with Crippen LogP contribution in [0.5, 0.6) is 0 Å². The lowest BCUT2D eigenvalue weighted by atomic mass is 9.97. The second kappa shape index (κ2) is 5.69. The molecule has 0 aliphatic carbocycles. The van der Waals surface area contributed by atoms with Crippen molar-refractivity contribution in [3.63, 3.8) is 0 Å². The molecule has 3 aliphatic rings. The monoisotopic (exact) mass is 282 g/mol. The second-order valence-electron chi connectivity index (χ2n) is 6.09. The Morgan fingerprint density at radius 2 is 1.90 bits per heavy atom. The molecule has 0 aromatic heterocycles. The minimum atomic E-state index is -0.973. The minimum Gasteiger partial charge on any atom is -0.479 e. The fraction of sp³-hybridized carbons (Fsp3) is 0.857. The summed E-state index contributed by atoms with van der Waals surface area (Å²) in [6.07, 6.45) is 4.02. The first-order chi connectivity index (χ1) is 9.63. The number of fused-ring (bicyclic) bond motifs is 1. The fourth-order valence-electron chi connectivity index (χ4n) is 3.66. The first-order valence-corrected chi connectivity index (χ1v) is 7.56. The summed E-state index contributed by atoms with van der Waals surface area (Å²) in [7, 11) is 0. The van der Waals surface area contributed by atoms with E-state index in [1.54, 1.807) is 0 Å². The molecule has 112 valence electrons. The van der Waals surface area contributed by atoms with Crippen molar-refractivity contribution in [2.24, 2.45) is 0 Å². The molecule has 4 atom stereocenters. The highest BCUT2D eigenvalue weighted by atomic mass is 16.5. The molecule has 2 N–H and O–H groups in total. The molecule has 6 heteroatoms. The van der Waals surface area contributed by atoms with Crippen molar-refractivity contribution in [1.82, 2.24) is 10.2 Å². The van der Waals surface area contributed by atoms with E-state index in [9.17, 15) is 9.59 Å². The number of carbonyl (C=O) groups is 2. The van der Waals surface area contributed by atoms with Crippen molar-refractivity contribution in [3.8, 4) is 0 Å². The molecule has 3 saturated heterocycles. The van der Waals surface area contributed by atoms with Crippen molar-refractivity contribution in [1.29, 1.82) is 0 Å². The number of carboxylic acid groups (broad SMARTS) is 1. The zero-order valence-corrected chi connectivity index (χ0v) is 11.6. The van der Waals surface area contributed by atoms with Gasteiger partial charge in [0.05, 0.1) is 0 Å². The number of piperidine rings is 1. The molecule has 3 fully saturated rings. The predicted octanol–water partition coefficient (Wildman–Crippen LogP) is 0.362. The number of hydrogen-bond donors (Lipinski definition) is 2. The number of nitrogens with one attached hydrogen (secondary N) is 1. The minimum absolute atomic E-state index is 0.134. The van der Waals surface area contributed by atoms with Gasteiger partial charge in [0.1, 0.15) is 6.10 Å². The summed E-state index contributed by atoms with van der Waals surface area (Å²) in [5, 5.41) is 11.9. The normalized spacial score (nSPS) is 37.6. The molecule has 0 radical (unpaired) electrons. The lowest BCUT2D eigenvalue weighted by Crippen LogP contribution is -2.49. The molecule has 0 bridgehead atoms. The van der Waals surface area contributed by atoms with Crippen LogP contribution >= 0.6 is 0 Å². The van der Waals surface area contributed by atoms with Gasteiger partial charge in [0.15, 0.2) is 6.10 Å². The molecular formula is C14H22N2O4. The van der Waals surface area contributed by atoms with E-state index in [1.165, 1.54) is 19.4 Å². The van der Waals surface area contributed by atoms with Gasteiger partial charge in [0.2, 0.25) is 5.91 Å². The van der Waals surface area contributed by atoms with E-state index in [2.05, 4.69) is 10.2 Å². The van der Waals surface area contributed by atoms with Crippen LogP contribution in [-0.2, 0) is 14.3 Å². The van der Waals surface area contributed by atoms with E-state index in [0.717, 1.165) is 19.4 Å². The second-order valence-corrected chi connectivity index (χ2v) is 6.09. The molecule has 1 amide bonds. The lowest BCUT2D eigenvalue weighted by Gasteiger charge is -2.35. The van der Waals surface area contributed by atoms with Crippen LogP contribution in [0.25, 0.3) is 0 Å². The first kappa shape index (κ1) is 13.8. The van der Waals surface area contributed by atoms with Gasteiger partial charge < -0.3 is 20.1 Å². The van der Waals surface area contributed by atoms with Gasteiger partial charge in [-0.2, -0.15) is 0 Å². The van der Waals surface area contributed by atoms with Crippen molar-refractivity contribution >= 4 is 11.9 Å². The molecule has 20 heavy (non-hydrogen) atoms. The summed E-state index contributed by atoms with van der Waals surface area (Å²) in [6, 6.07) is 0.833. The number of rotatable bonds is 3. The standard InChI is InChI=1S/C14H22N2O4/c17-13(11-3-4-12(20-11)14(18)19)15-9-5-7-16-6-1-2-10(16)8-9/h9-12H,1-8H2,(H,15,17)(H,18,19). The first-order valence-electron chi connectivity index (χ1n) is 7.56. The number of nitrogens with zero attached hydrogens (tertiary/aromatic N) is 1. The third kappa shape index (κ3) is 2.81. The Labute approximate surface area is 118 Å². The molecule has 0 aromatic rings. The molecule has 6 nitrogen and oxygen atoms in total. The van der Waals surface area contributed by atoms with Crippen LogP contribution in [0.2, 0.25) is 0 Å². The number of aliphatic carboxylic acids is 1. The van der Waals surface area contributed by atoms with Crippen LogP contribution in [0.1, 0.15) is 38.5 Å². The summed E-state index contributed by atoms with van der Waals surface area (Å²) in [5.41, 5.74) is 0. The molecule has 0 saturated carbocycles. The SMILES string of the molecule is O=C(O)C1CCC(C(=O)NC2CCN3CCCC3C2)O1. The van der Waals surface area contributed by atoms with Crippen LogP contribution in [-0.4, -0.2) is 59.3 Å². The largest absolute Gasteiger partial charge is 0.479 e. The van der Waals surface area contributed by atoms with Crippen molar-refractivity contribution in [2.45, 2.75) is 62.8 Å². The van der Waals surface area contributed by atoms with E-state index in [0.29, 0.717) is 18.9 Å². The maximum atomic E-state index is 12.1. The highest BCUT2D eigenvalue weighted by Gasteiger charge is 2.37. The van der Waals surface area contributed by atoms with Gasteiger partial charge in [-0.15, -0.1) is 0 Å². The number of carbonyl (C=O) groups excluding carboxylic acids is 1. The van der Waals surface area contributed by atoms with Crippen molar-refractivity contribution in [2.75, 3.05) is 13.1 Å². The molecule has 3 rings (SSSR count). The van der Waals surface area contributed by atoms with Gasteiger partial charge in [-0.25, -0.2) is 4.79 Å². The Kier molecular flexibility index (Phi) is 3.94. The molecular weight excluding hydrogens is 260 g/mol. The molecule has 3 heterocycles. The van der Waals surface area contributed by atoms with E-state index >= 15 is 0 Å². The zero-order valence-electron chi connectivity index (χ0n) is 11.6. The van der Waals surface area contributed by atoms with Gasteiger partial charge in [0, 0.05) is 18.6 Å². The third-order valence-electron chi connectivity index (χ3n) is 4.75. The Balaban J connectivity index is 1.48. The number of ether oxygens (including phenoxy) is 1. The van der Waals surface area contributed by atoms with Gasteiger partial charge in [-0.1, -0.05) is 0 Å². The van der Waals surface area contributed by atoms with Crippen LogP contribution in [0.4, 0.5) is 0 Å². The summed E-state index contributed by atoms with van der Waals surface area (Å²) in [6.45, 7) is 2.25. The summed E-state index contributed by atoms with van der Waals surface area (Å²) >= 11 is 0. The van der Waals surface area contributed by atoms with Gasteiger partial charge in [0.25, 0.3) is 0 Å². The number of hydrogen-bond acceptors (Lipinski definition) is 4. The highest BCUT2D eigenvalue weighted by molar-refractivity contribution is 5.82. The van der Waals surface area contributed by atoms with Crippen LogP contribution in [0.3, 0.4) is 0 Å². The Morgan fingerprint density at radius 1 is 1.10 bits per heavy atom. The molecule has 0 spiro atoms. The van der Waals surface area contributed by atoms with Gasteiger partial charge in [-0.3, -0.25) is 4.79 Å². The third-order valence-corrected chi connectivity index (χ3v) is 4.75. The average Bonchev–Trinajstić information content (AvgIpc) is 3.07. The molecule has 0 aromatic carbocycles. The maximum absolute atomic E-state index is 12.1. The maximum Gasteiger partial charge on any atom is 0.332 e.